The summed E-state index contributed by atoms with van der Waals surface area (Å²) in [7, 11) is 1.81. The first-order valence-corrected chi connectivity index (χ1v) is 6.23. The van der Waals surface area contributed by atoms with E-state index in [-0.39, 0.29) is 13.1 Å². The van der Waals surface area contributed by atoms with Crippen molar-refractivity contribution in [1.29, 1.82) is 0 Å². The monoisotopic (exact) mass is 287 g/mol. The second kappa shape index (κ2) is 5.66. The molecule has 0 spiro atoms. The third kappa shape index (κ3) is 3.19. The number of aromatic nitrogens is 4. The minimum atomic E-state index is -4.37. The summed E-state index contributed by atoms with van der Waals surface area (Å²) >= 11 is 0. The largest absolute Gasteiger partial charge is 0.433 e. The lowest BCUT2D eigenvalue weighted by molar-refractivity contribution is -0.144. The fourth-order valence-electron chi connectivity index (χ4n) is 1.92. The Kier molecular flexibility index (Phi) is 4.12. The number of rotatable bonds is 5. The summed E-state index contributed by atoms with van der Waals surface area (Å²) in [5.41, 5.74) is 0.620. The predicted molar refractivity (Wildman–Crippen MR) is 66.7 cm³/mol. The van der Waals surface area contributed by atoms with E-state index >= 15 is 0 Å². The van der Waals surface area contributed by atoms with E-state index in [2.05, 4.69) is 15.5 Å². The van der Waals surface area contributed by atoms with E-state index in [1.54, 1.807) is 17.8 Å². The molecule has 8 heteroatoms. The fourth-order valence-corrected chi connectivity index (χ4v) is 1.92. The van der Waals surface area contributed by atoms with Crippen molar-refractivity contribution in [3.63, 3.8) is 0 Å². The minimum absolute atomic E-state index is 0.191. The Morgan fingerprint density at radius 2 is 2.05 bits per heavy atom. The first kappa shape index (κ1) is 14.6. The van der Waals surface area contributed by atoms with Gasteiger partial charge in [0.15, 0.2) is 0 Å². The van der Waals surface area contributed by atoms with Crippen molar-refractivity contribution in [1.82, 2.24) is 24.9 Å². The molecule has 0 aliphatic heterocycles. The Morgan fingerprint density at radius 1 is 1.30 bits per heavy atom. The van der Waals surface area contributed by atoms with Crippen LogP contribution in [-0.4, -0.2) is 19.6 Å². The van der Waals surface area contributed by atoms with Gasteiger partial charge in [-0.3, -0.25) is 9.36 Å². The molecule has 2 heterocycles. The van der Waals surface area contributed by atoms with Crippen LogP contribution in [0.4, 0.5) is 13.2 Å². The van der Waals surface area contributed by atoms with Gasteiger partial charge < -0.3 is 5.32 Å². The SMILES string of the molecule is CCn1nc(CNCc2ccnn2C)cc1C(F)(F)F. The molecule has 0 atom stereocenters. The lowest BCUT2D eigenvalue weighted by Gasteiger charge is -2.07. The average molecular weight is 287 g/mol. The first-order chi connectivity index (χ1) is 9.41. The highest BCUT2D eigenvalue weighted by Crippen LogP contribution is 2.29. The van der Waals surface area contributed by atoms with E-state index in [1.807, 2.05) is 13.1 Å². The minimum Gasteiger partial charge on any atom is -0.305 e. The van der Waals surface area contributed by atoms with Crippen LogP contribution >= 0.6 is 0 Å². The Morgan fingerprint density at radius 3 is 2.55 bits per heavy atom. The second-order valence-electron chi connectivity index (χ2n) is 4.38. The summed E-state index contributed by atoms with van der Waals surface area (Å²) in [4.78, 5) is 0. The van der Waals surface area contributed by atoms with Crippen molar-refractivity contribution in [2.24, 2.45) is 7.05 Å². The number of alkyl halides is 3. The van der Waals surface area contributed by atoms with E-state index in [0.29, 0.717) is 12.2 Å². The highest BCUT2D eigenvalue weighted by atomic mass is 19.4. The Hall–Kier alpha value is -1.83. The molecule has 0 aliphatic carbocycles. The van der Waals surface area contributed by atoms with Crippen molar-refractivity contribution < 1.29 is 13.2 Å². The number of aryl methyl sites for hydroxylation is 2. The molecule has 0 radical (unpaired) electrons. The molecule has 1 N–H and O–H groups in total. The van der Waals surface area contributed by atoms with Gasteiger partial charge in [-0.2, -0.15) is 23.4 Å². The fraction of sp³-hybridized carbons (Fsp3) is 0.500. The molecule has 0 aliphatic rings. The molecule has 0 aromatic carbocycles. The lowest BCUT2D eigenvalue weighted by atomic mass is 10.3. The molecule has 2 aromatic heterocycles. The molecule has 2 aromatic rings. The van der Waals surface area contributed by atoms with E-state index in [4.69, 9.17) is 0 Å². The van der Waals surface area contributed by atoms with Crippen molar-refractivity contribution in [3.05, 3.63) is 35.4 Å². The third-order valence-electron chi connectivity index (χ3n) is 2.96. The van der Waals surface area contributed by atoms with Gasteiger partial charge in [-0.1, -0.05) is 0 Å². The van der Waals surface area contributed by atoms with Gasteiger partial charge in [0.25, 0.3) is 0 Å². The van der Waals surface area contributed by atoms with E-state index in [1.165, 1.54) is 0 Å². The van der Waals surface area contributed by atoms with Crippen LogP contribution in [0.25, 0.3) is 0 Å². The van der Waals surface area contributed by atoms with Crippen LogP contribution in [0.5, 0.6) is 0 Å². The molecule has 0 bridgehead atoms. The molecular weight excluding hydrogens is 271 g/mol. The summed E-state index contributed by atoms with van der Waals surface area (Å²) in [5.74, 6) is 0. The van der Waals surface area contributed by atoms with Gasteiger partial charge in [-0.25, -0.2) is 0 Å². The van der Waals surface area contributed by atoms with Crippen LogP contribution < -0.4 is 5.32 Å². The molecule has 5 nitrogen and oxygen atoms in total. The molecule has 0 fully saturated rings. The number of hydrogen-bond donors (Lipinski definition) is 1. The summed E-state index contributed by atoms with van der Waals surface area (Å²) in [6.07, 6.45) is -2.70. The van der Waals surface area contributed by atoms with E-state index in [9.17, 15) is 13.2 Å². The smallest absolute Gasteiger partial charge is 0.305 e. The zero-order valence-corrected chi connectivity index (χ0v) is 11.3. The summed E-state index contributed by atoms with van der Waals surface area (Å²) in [6, 6.07) is 2.93. The maximum absolute atomic E-state index is 12.8. The normalized spacial score (nSPS) is 12.1. The number of nitrogens with zero attached hydrogens (tertiary/aromatic N) is 4. The average Bonchev–Trinajstić information content (AvgIpc) is 2.96. The van der Waals surface area contributed by atoms with Gasteiger partial charge in [-0.05, 0) is 19.1 Å². The van der Waals surface area contributed by atoms with Gasteiger partial charge in [0.1, 0.15) is 5.69 Å². The Balaban J connectivity index is 2.00. The van der Waals surface area contributed by atoms with Crippen LogP contribution in [-0.2, 0) is 32.9 Å². The summed E-state index contributed by atoms with van der Waals surface area (Å²) in [5, 5.41) is 11.0. The first-order valence-electron chi connectivity index (χ1n) is 6.23. The highest BCUT2D eigenvalue weighted by Gasteiger charge is 2.35. The molecule has 0 unspecified atom stereocenters. The van der Waals surface area contributed by atoms with Gasteiger partial charge >= 0.3 is 6.18 Å². The van der Waals surface area contributed by atoms with Gasteiger partial charge in [0, 0.05) is 32.9 Å². The predicted octanol–water partition coefficient (Wildman–Crippen LogP) is 1.95. The summed E-state index contributed by atoms with van der Waals surface area (Å²) in [6.45, 7) is 2.63. The molecule has 20 heavy (non-hydrogen) atoms. The van der Waals surface area contributed by atoms with Crippen LogP contribution in [0.2, 0.25) is 0 Å². The lowest BCUT2D eigenvalue weighted by Crippen LogP contribution is -2.16. The van der Waals surface area contributed by atoms with Crippen LogP contribution in [0.3, 0.4) is 0 Å². The highest BCUT2D eigenvalue weighted by molar-refractivity contribution is 5.13. The van der Waals surface area contributed by atoms with Crippen molar-refractivity contribution in [3.8, 4) is 0 Å². The number of hydrogen-bond acceptors (Lipinski definition) is 3. The number of nitrogens with one attached hydrogen (secondary N) is 1. The van der Waals surface area contributed by atoms with Gasteiger partial charge in [0.05, 0.1) is 11.4 Å². The quantitative estimate of drug-likeness (QED) is 0.914. The van der Waals surface area contributed by atoms with Crippen molar-refractivity contribution >= 4 is 0 Å². The van der Waals surface area contributed by atoms with E-state index in [0.717, 1.165) is 16.4 Å². The van der Waals surface area contributed by atoms with Crippen LogP contribution in [0, 0.1) is 0 Å². The van der Waals surface area contributed by atoms with Crippen LogP contribution in [0.1, 0.15) is 24.0 Å². The van der Waals surface area contributed by atoms with Crippen LogP contribution in [0.15, 0.2) is 18.3 Å². The second-order valence-corrected chi connectivity index (χ2v) is 4.38. The molecule has 0 saturated carbocycles. The molecule has 0 saturated heterocycles. The molecule has 2 rings (SSSR count). The Bertz CT molecular complexity index is 570. The van der Waals surface area contributed by atoms with Crippen molar-refractivity contribution in [2.75, 3.05) is 0 Å². The molecular formula is C12H16F3N5. The Labute approximate surface area is 114 Å². The standard InChI is InChI=1S/C12H16F3N5/c1-3-20-11(12(13,14)15)6-9(18-20)7-16-8-10-4-5-17-19(10)2/h4-6,16H,3,7-8H2,1-2H3. The molecule has 110 valence electrons. The summed E-state index contributed by atoms with van der Waals surface area (Å²) < 4.78 is 40.9. The van der Waals surface area contributed by atoms with E-state index < -0.39 is 11.9 Å². The number of halogens is 3. The van der Waals surface area contributed by atoms with Gasteiger partial charge in [0.2, 0.25) is 0 Å². The zero-order valence-electron chi connectivity index (χ0n) is 11.3. The van der Waals surface area contributed by atoms with Gasteiger partial charge in [-0.15, -0.1) is 0 Å². The third-order valence-corrected chi connectivity index (χ3v) is 2.96. The maximum Gasteiger partial charge on any atom is 0.433 e. The molecule has 0 amide bonds. The maximum atomic E-state index is 12.8. The zero-order chi connectivity index (χ0) is 14.8. The van der Waals surface area contributed by atoms with Crippen molar-refractivity contribution in [2.45, 2.75) is 32.7 Å². The topological polar surface area (TPSA) is 47.7 Å².